The van der Waals surface area contributed by atoms with Crippen LogP contribution in [0.2, 0.25) is 0 Å². The molecule has 0 aliphatic heterocycles. The molecule has 0 aliphatic rings. The van der Waals surface area contributed by atoms with Crippen molar-refractivity contribution in [3.8, 4) is 0 Å². The molecule has 0 spiro atoms. The Balaban J connectivity index is 1.68. The number of thiocarbonyl (C=S) groups is 1. The fourth-order valence-electron chi connectivity index (χ4n) is 1.51. The lowest BCUT2D eigenvalue weighted by Gasteiger charge is -2.11. The lowest BCUT2D eigenvalue weighted by Crippen LogP contribution is -2.44. The number of hydrazine groups is 1. The Morgan fingerprint density at radius 3 is 2.24 bits per heavy atom. The molecule has 108 valence electrons. The minimum atomic E-state index is -0.138. The van der Waals surface area contributed by atoms with Gasteiger partial charge in [-0.1, -0.05) is 36.4 Å². The molecule has 0 bridgehead atoms. The van der Waals surface area contributed by atoms with Gasteiger partial charge >= 0.3 is 0 Å². The van der Waals surface area contributed by atoms with Gasteiger partial charge in [-0.25, -0.2) is 0 Å². The third kappa shape index (κ3) is 5.85. The monoisotopic (exact) mass is 317 g/mol. The molecule has 0 heterocycles. The van der Waals surface area contributed by atoms with Gasteiger partial charge in [0.05, 0.1) is 5.75 Å². The van der Waals surface area contributed by atoms with Crippen molar-refractivity contribution in [2.75, 3.05) is 11.1 Å². The van der Waals surface area contributed by atoms with Gasteiger partial charge < -0.3 is 5.32 Å². The van der Waals surface area contributed by atoms with Crippen LogP contribution in [0, 0.1) is 0 Å². The van der Waals surface area contributed by atoms with Crippen LogP contribution in [-0.4, -0.2) is 16.8 Å². The Bertz CT molecular complexity index is 590. The Labute approximate surface area is 133 Å². The molecule has 0 aliphatic carbocycles. The summed E-state index contributed by atoms with van der Waals surface area (Å²) in [7, 11) is 0. The van der Waals surface area contributed by atoms with Crippen LogP contribution in [0.25, 0.3) is 0 Å². The number of para-hydroxylation sites is 1. The largest absolute Gasteiger partial charge is 0.331 e. The summed E-state index contributed by atoms with van der Waals surface area (Å²) in [6, 6.07) is 19.3. The van der Waals surface area contributed by atoms with Crippen LogP contribution in [0.4, 0.5) is 5.69 Å². The molecule has 0 fully saturated rings. The van der Waals surface area contributed by atoms with Crippen molar-refractivity contribution in [1.82, 2.24) is 10.9 Å². The van der Waals surface area contributed by atoms with Gasteiger partial charge in [0.15, 0.2) is 5.11 Å². The number of hydrogen-bond acceptors (Lipinski definition) is 3. The molecule has 2 rings (SSSR count). The molecule has 1 amide bonds. The molecule has 0 aromatic heterocycles. The molecule has 2 aromatic carbocycles. The topological polar surface area (TPSA) is 53.2 Å². The minimum absolute atomic E-state index is 0.138. The van der Waals surface area contributed by atoms with Crippen LogP contribution in [0.3, 0.4) is 0 Å². The second-order valence-electron chi connectivity index (χ2n) is 4.10. The molecule has 2 aromatic rings. The zero-order valence-corrected chi connectivity index (χ0v) is 12.8. The number of amides is 1. The summed E-state index contributed by atoms with van der Waals surface area (Å²) in [5, 5.41) is 3.32. The van der Waals surface area contributed by atoms with E-state index in [1.54, 1.807) is 0 Å². The summed E-state index contributed by atoms with van der Waals surface area (Å²) in [5.41, 5.74) is 6.10. The average Bonchev–Trinajstić information content (AvgIpc) is 2.53. The smallest absolute Gasteiger partial charge is 0.248 e. The van der Waals surface area contributed by atoms with Crippen molar-refractivity contribution >= 4 is 40.7 Å². The average molecular weight is 317 g/mol. The van der Waals surface area contributed by atoms with E-state index < -0.39 is 0 Å². The predicted octanol–water partition coefficient (Wildman–Crippen LogP) is 2.80. The van der Waals surface area contributed by atoms with Gasteiger partial charge in [-0.2, -0.15) is 0 Å². The Hall–Kier alpha value is -2.05. The highest BCUT2D eigenvalue weighted by molar-refractivity contribution is 8.00. The maximum atomic E-state index is 11.7. The van der Waals surface area contributed by atoms with Gasteiger partial charge in [0, 0.05) is 10.6 Å². The molecule has 6 heteroatoms. The second-order valence-corrected chi connectivity index (χ2v) is 5.55. The highest BCUT2D eigenvalue weighted by atomic mass is 32.2. The van der Waals surface area contributed by atoms with E-state index in [0.717, 1.165) is 10.6 Å². The molecule has 0 radical (unpaired) electrons. The van der Waals surface area contributed by atoms with E-state index in [1.165, 1.54) is 11.8 Å². The van der Waals surface area contributed by atoms with Gasteiger partial charge in [0.2, 0.25) is 5.91 Å². The first-order chi connectivity index (χ1) is 10.2. The van der Waals surface area contributed by atoms with Crippen LogP contribution < -0.4 is 16.2 Å². The van der Waals surface area contributed by atoms with Crippen LogP contribution in [0.15, 0.2) is 65.6 Å². The third-order valence-electron chi connectivity index (χ3n) is 2.46. The van der Waals surface area contributed by atoms with E-state index in [1.807, 2.05) is 60.7 Å². The molecular formula is C15H15N3OS2. The maximum Gasteiger partial charge on any atom is 0.248 e. The number of carbonyl (C=O) groups is 1. The SMILES string of the molecule is O=C(CSc1ccccc1)NNC(=S)Nc1ccccc1. The number of hydrogen-bond donors (Lipinski definition) is 3. The molecule has 21 heavy (non-hydrogen) atoms. The van der Waals surface area contributed by atoms with Gasteiger partial charge in [-0.05, 0) is 36.5 Å². The predicted molar refractivity (Wildman–Crippen MR) is 91.1 cm³/mol. The zero-order valence-electron chi connectivity index (χ0n) is 11.2. The van der Waals surface area contributed by atoms with Gasteiger partial charge in [-0.15, -0.1) is 11.8 Å². The van der Waals surface area contributed by atoms with Crippen molar-refractivity contribution in [3.05, 3.63) is 60.7 Å². The molecule has 0 unspecified atom stereocenters. The van der Waals surface area contributed by atoms with Crippen LogP contribution in [-0.2, 0) is 4.79 Å². The Morgan fingerprint density at radius 1 is 0.952 bits per heavy atom. The summed E-state index contributed by atoms with van der Waals surface area (Å²) in [6.45, 7) is 0. The van der Waals surface area contributed by atoms with E-state index in [-0.39, 0.29) is 5.91 Å². The van der Waals surface area contributed by atoms with E-state index in [0.29, 0.717) is 10.9 Å². The number of anilines is 1. The summed E-state index contributed by atoms with van der Waals surface area (Å²) in [6.07, 6.45) is 0. The molecule has 0 atom stereocenters. The number of rotatable bonds is 4. The quantitative estimate of drug-likeness (QED) is 0.460. The second kappa shape index (κ2) is 8.28. The summed E-state index contributed by atoms with van der Waals surface area (Å²) >= 11 is 6.56. The fourth-order valence-corrected chi connectivity index (χ4v) is 2.40. The van der Waals surface area contributed by atoms with Crippen molar-refractivity contribution in [1.29, 1.82) is 0 Å². The van der Waals surface area contributed by atoms with Crippen molar-refractivity contribution in [3.63, 3.8) is 0 Å². The number of carbonyl (C=O) groups excluding carboxylic acids is 1. The summed E-state index contributed by atoms with van der Waals surface area (Å²) in [5.74, 6) is 0.186. The molecule has 0 saturated heterocycles. The first-order valence-corrected chi connectivity index (χ1v) is 7.72. The maximum absolute atomic E-state index is 11.7. The summed E-state index contributed by atoms with van der Waals surface area (Å²) in [4.78, 5) is 12.7. The Kier molecular flexibility index (Phi) is 6.05. The third-order valence-corrected chi connectivity index (χ3v) is 3.68. The van der Waals surface area contributed by atoms with E-state index in [2.05, 4.69) is 16.2 Å². The lowest BCUT2D eigenvalue weighted by molar-refractivity contribution is -0.119. The standard InChI is InChI=1S/C15H15N3OS2/c19-14(11-21-13-9-5-2-6-10-13)17-18-15(20)16-12-7-3-1-4-8-12/h1-10H,11H2,(H,17,19)(H2,16,18,20). The highest BCUT2D eigenvalue weighted by Crippen LogP contribution is 2.15. The van der Waals surface area contributed by atoms with Crippen molar-refractivity contribution in [2.45, 2.75) is 4.90 Å². The molecule has 3 N–H and O–H groups in total. The number of thioether (sulfide) groups is 1. The van der Waals surface area contributed by atoms with Gasteiger partial charge in [0.1, 0.15) is 0 Å². The lowest BCUT2D eigenvalue weighted by atomic mass is 10.3. The van der Waals surface area contributed by atoms with Gasteiger partial charge in [-0.3, -0.25) is 15.6 Å². The zero-order chi connectivity index (χ0) is 14.9. The van der Waals surface area contributed by atoms with Crippen LogP contribution >= 0.6 is 24.0 Å². The van der Waals surface area contributed by atoms with Crippen LogP contribution in [0.5, 0.6) is 0 Å². The first kappa shape index (κ1) is 15.3. The highest BCUT2D eigenvalue weighted by Gasteiger charge is 2.03. The van der Waals surface area contributed by atoms with Crippen molar-refractivity contribution in [2.24, 2.45) is 0 Å². The number of nitrogens with one attached hydrogen (secondary N) is 3. The minimum Gasteiger partial charge on any atom is -0.331 e. The van der Waals surface area contributed by atoms with E-state index in [4.69, 9.17) is 12.2 Å². The Morgan fingerprint density at radius 2 is 1.57 bits per heavy atom. The first-order valence-electron chi connectivity index (χ1n) is 6.33. The molecule has 0 saturated carbocycles. The molecule has 4 nitrogen and oxygen atoms in total. The fraction of sp³-hybridized carbons (Fsp3) is 0.0667. The molecular weight excluding hydrogens is 302 g/mol. The number of benzene rings is 2. The van der Waals surface area contributed by atoms with Crippen LogP contribution in [0.1, 0.15) is 0 Å². The van der Waals surface area contributed by atoms with E-state index in [9.17, 15) is 4.79 Å². The summed E-state index contributed by atoms with van der Waals surface area (Å²) < 4.78 is 0. The van der Waals surface area contributed by atoms with Gasteiger partial charge in [0.25, 0.3) is 0 Å². The van der Waals surface area contributed by atoms with E-state index >= 15 is 0 Å². The normalized spacial score (nSPS) is 9.71. The van der Waals surface area contributed by atoms with Crippen molar-refractivity contribution < 1.29 is 4.79 Å².